The molecule has 0 amide bonds. The molecular formula is C16H14F4N4+2. The Morgan fingerprint density at radius 3 is 2.62 bits per heavy atom. The Kier molecular flexibility index (Phi) is 3.31. The van der Waals surface area contributed by atoms with Crippen LogP contribution in [-0.4, -0.2) is 16.0 Å². The zero-order valence-electron chi connectivity index (χ0n) is 12.5. The van der Waals surface area contributed by atoms with Crippen LogP contribution < -0.4 is 10.3 Å². The summed E-state index contributed by atoms with van der Waals surface area (Å²) in [7, 11) is 0. The van der Waals surface area contributed by atoms with Crippen molar-refractivity contribution in [2.45, 2.75) is 24.9 Å². The van der Waals surface area contributed by atoms with E-state index in [9.17, 15) is 17.6 Å². The molecule has 0 unspecified atom stereocenters. The van der Waals surface area contributed by atoms with Crippen molar-refractivity contribution in [3.63, 3.8) is 0 Å². The summed E-state index contributed by atoms with van der Waals surface area (Å²) in [5.41, 5.74) is 5.44. The number of fused-ring (bicyclic) bond motifs is 3. The van der Waals surface area contributed by atoms with E-state index in [1.807, 2.05) is 4.57 Å². The molecule has 1 aromatic carbocycles. The van der Waals surface area contributed by atoms with Gasteiger partial charge in [-0.1, -0.05) is 0 Å². The minimum absolute atomic E-state index is 0.100. The molecule has 4 N–H and O–H groups in total. The second kappa shape index (κ2) is 5.27. The number of aromatic nitrogens is 3. The molecule has 1 aliphatic heterocycles. The minimum atomic E-state index is -1.21. The number of aromatic amines is 1. The number of nitrogens with one attached hydrogen (secondary N) is 1. The second-order valence-corrected chi connectivity index (χ2v) is 6.07. The predicted octanol–water partition coefficient (Wildman–Crippen LogP) is 1.36. The van der Waals surface area contributed by atoms with Crippen LogP contribution in [0.4, 0.5) is 17.6 Å². The average Bonchev–Trinajstić information content (AvgIpc) is 2.87. The third-order valence-corrected chi connectivity index (χ3v) is 4.58. The average molecular weight is 338 g/mol. The van der Waals surface area contributed by atoms with Gasteiger partial charge in [0.05, 0.1) is 18.5 Å². The van der Waals surface area contributed by atoms with Gasteiger partial charge in [-0.15, -0.1) is 0 Å². The smallest absolute Gasteiger partial charge is 0.256 e. The molecular weight excluding hydrogens is 324 g/mol. The highest BCUT2D eigenvalue weighted by atomic mass is 19.2. The number of H-pyrrole nitrogens is 1. The van der Waals surface area contributed by atoms with Gasteiger partial charge >= 0.3 is 0 Å². The molecule has 8 heteroatoms. The van der Waals surface area contributed by atoms with Crippen LogP contribution in [0.1, 0.15) is 17.3 Å². The van der Waals surface area contributed by atoms with Crippen molar-refractivity contribution in [3.8, 4) is 0 Å². The van der Waals surface area contributed by atoms with E-state index in [1.54, 1.807) is 0 Å². The van der Waals surface area contributed by atoms with Gasteiger partial charge < -0.3 is 5.73 Å². The predicted molar refractivity (Wildman–Crippen MR) is 75.7 cm³/mol. The Labute approximate surface area is 133 Å². The van der Waals surface area contributed by atoms with Gasteiger partial charge in [-0.2, -0.15) is 4.39 Å². The monoisotopic (exact) mass is 338 g/mol. The van der Waals surface area contributed by atoms with Crippen LogP contribution in [0.3, 0.4) is 0 Å². The van der Waals surface area contributed by atoms with Crippen LogP contribution in [0, 0.1) is 23.4 Å². The van der Waals surface area contributed by atoms with Gasteiger partial charge in [-0.3, -0.25) is 0 Å². The normalized spacial score (nSPS) is 20.4. The lowest BCUT2D eigenvalue weighted by Gasteiger charge is -2.24. The zero-order valence-corrected chi connectivity index (χ0v) is 12.5. The number of imidazole rings is 1. The number of halogens is 4. The number of hydrogen-bond acceptors (Lipinski definition) is 1. The molecule has 0 aliphatic carbocycles. The van der Waals surface area contributed by atoms with Crippen LogP contribution in [-0.2, 0) is 13.0 Å². The van der Waals surface area contributed by atoms with Crippen molar-refractivity contribution < 1.29 is 27.9 Å². The SMILES string of the molecule is [NH3+][C@H]1C[n+]2c([nH]c3cnc(F)cc32)C[C@@H]1c1cc(F)c(F)cc1F. The fourth-order valence-corrected chi connectivity index (χ4v) is 3.40. The largest absolute Gasteiger partial charge is 0.351 e. The molecule has 3 aromatic rings. The molecule has 24 heavy (non-hydrogen) atoms. The van der Waals surface area contributed by atoms with Crippen molar-refractivity contribution in [2.24, 2.45) is 0 Å². The van der Waals surface area contributed by atoms with E-state index in [0.29, 0.717) is 30.1 Å². The van der Waals surface area contributed by atoms with Crippen molar-refractivity contribution >= 4 is 11.0 Å². The molecule has 4 rings (SSSR count). The Morgan fingerprint density at radius 2 is 1.83 bits per heavy atom. The van der Waals surface area contributed by atoms with Gasteiger partial charge in [0.2, 0.25) is 5.95 Å². The van der Waals surface area contributed by atoms with Gasteiger partial charge in [0.25, 0.3) is 5.82 Å². The van der Waals surface area contributed by atoms with Gasteiger partial charge in [0.1, 0.15) is 18.4 Å². The first-order valence-corrected chi connectivity index (χ1v) is 7.47. The lowest BCUT2D eigenvalue weighted by molar-refractivity contribution is -0.716. The molecule has 0 bridgehead atoms. The third-order valence-electron chi connectivity index (χ3n) is 4.58. The van der Waals surface area contributed by atoms with Gasteiger partial charge in [-0.05, 0) is 6.07 Å². The Morgan fingerprint density at radius 1 is 1.08 bits per heavy atom. The maximum absolute atomic E-state index is 14.1. The molecule has 4 nitrogen and oxygen atoms in total. The number of pyridine rings is 1. The standard InChI is InChI=1S/C16H12F4N4/c17-9-3-11(19)10(18)1-7(9)8-2-16-23-13-5-22-15(20)4-14(13)24(16)6-12(8)21/h1,3-5,8,12H,2,6,21H2/p+2/t8-,12+/m1/s1. The summed E-state index contributed by atoms with van der Waals surface area (Å²) >= 11 is 0. The zero-order chi connectivity index (χ0) is 17.0. The topological polar surface area (TPSA) is 60.2 Å². The van der Waals surface area contributed by atoms with E-state index in [4.69, 9.17) is 0 Å². The Hall–Kier alpha value is -2.48. The summed E-state index contributed by atoms with van der Waals surface area (Å²) in [6.45, 7) is 0.405. The highest BCUT2D eigenvalue weighted by Crippen LogP contribution is 2.29. The van der Waals surface area contributed by atoms with E-state index >= 15 is 0 Å². The molecule has 0 saturated carbocycles. The van der Waals surface area contributed by atoms with Crippen molar-refractivity contribution in [1.29, 1.82) is 0 Å². The fraction of sp³-hybridized carbons (Fsp3) is 0.250. The molecule has 0 saturated heterocycles. The van der Waals surface area contributed by atoms with Crippen LogP contribution in [0.2, 0.25) is 0 Å². The van der Waals surface area contributed by atoms with Crippen molar-refractivity contribution in [1.82, 2.24) is 9.97 Å². The summed E-state index contributed by atoms with van der Waals surface area (Å²) in [5.74, 6) is -3.34. The minimum Gasteiger partial charge on any atom is -0.351 e. The Balaban J connectivity index is 1.80. The van der Waals surface area contributed by atoms with Crippen LogP contribution in [0.15, 0.2) is 24.4 Å². The molecule has 2 aromatic heterocycles. The van der Waals surface area contributed by atoms with E-state index in [0.717, 1.165) is 11.9 Å². The molecule has 0 radical (unpaired) electrons. The van der Waals surface area contributed by atoms with Gasteiger partial charge in [-0.25, -0.2) is 27.7 Å². The second-order valence-electron chi connectivity index (χ2n) is 6.07. The first-order chi connectivity index (χ1) is 11.4. The highest BCUT2D eigenvalue weighted by Gasteiger charge is 2.38. The van der Waals surface area contributed by atoms with Crippen LogP contribution >= 0.6 is 0 Å². The van der Waals surface area contributed by atoms with Gasteiger partial charge in [0.15, 0.2) is 22.7 Å². The molecule has 3 heterocycles. The summed E-state index contributed by atoms with van der Waals surface area (Å²) in [5, 5.41) is 0. The third kappa shape index (κ3) is 2.25. The number of benzene rings is 1. The molecule has 2 atom stereocenters. The Bertz CT molecular complexity index is 953. The van der Waals surface area contributed by atoms with E-state index in [-0.39, 0.29) is 11.6 Å². The summed E-state index contributed by atoms with van der Waals surface area (Å²) in [4.78, 5) is 6.73. The number of nitrogens with zero attached hydrogens (tertiary/aromatic N) is 2. The molecule has 0 spiro atoms. The van der Waals surface area contributed by atoms with Crippen LogP contribution in [0.25, 0.3) is 11.0 Å². The van der Waals surface area contributed by atoms with E-state index in [1.165, 1.54) is 12.3 Å². The number of quaternary nitrogens is 1. The summed E-state index contributed by atoms with van der Waals surface area (Å²) in [6, 6.07) is 2.50. The first kappa shape index (κ1) is 15.1. The molecule has 0 fully saturated rings. The molecule has 1 aliphatic rings. The number of hydrogen-bond donors (Lipinski definition) is 2. The van der Waals surface area contributed by atoms with E-state index in [2.05, 4.69) is 15.7 Å². The summed E-state index contributed by atoms with van der Waals surface area (Å²) < 4.78 is 56.0. The lowest BCUT2D eigenvalue weighted by atomic mass is 9.86. The maximum atomic E-state index is 14.1. The van der Waals surface area contributed by atoms with Crippen LogP contribution in [0.5, 0.6) is 0 Å². The van der Waals surface area contributed by atoms with Crippen molar-refractivity contribution in [2.75, 3.05) is 0 Å². The molecule has 124 valence electrons. The number of rotatable bonds is 1. The maximum Gasteiger partial charge on any atom is 0.256 e. The van der Waals surface area contributed by atoms with Crippen molar-refractivity contribution in [3.05, 3.63) is 59.2 Å². The van der Waals surface area contributed by atoms with Gasteiger partial charge in [0, 0.05) is 17.7 Å². The quantitative estimate of drug-likeness (QED) is 0.299. The van der Waals surface area contributed by atoms with E-state index < -0.39 is 29.3 Å². The fourth-order valence-electron chi connectivity index (χ4n) is 3.40. The first-order valence-electron chi connectivity index (χ1n) is 7.47. The highest BCUT2D eigenvalue weighted by molar-refractivity contribution is 5.69. The summed E-state index contributed by atoms with van der Waals surface area (Å²) in [6.07, 6.45) is 1.74. The lowest BCUT2D eigenvalue weighted by Crippen LogP contribution is -2.71.